The van der Waals surface area contributed by atoms with Crippen molar-refractivity contribution in [3.05, 3.63) is 29.3 Å². The molecule has 1 saturated heterocycles. The number of nitrogens with zero attached hydrogens (tertiary/aromatic N) is 1. The van der Waals surface area contributed by atoms with Gasteiger partial charge in [0.25, 0.3) is 5.91 Å². The van der Waals surface area contributed by atoms with Crippen molar-refractivity contribution in [2.75, 3.05) is 26.1 Å². The highest BCUT2D eigenvalue weighted by Gasteiger charge is 2.28. The first-order chi connectivity index (χ1) is 9.15. The van der Waals surface area contributed by atoms with E-state index in [1.54, 1.807) is 7.11 Å². The van der Waals surface area contributed by atoms with Gasteiger partial charge in [0.2, 0.25) is 0 Å². The molecule has 1 unspecified atom stereocenters. The van der Waals surface area contributed by atoms with E-state index in [1.165, 1.54) is 0 Å². The number of carbonyl (C=O) groups is 1. The third-order valence-corrected chi connectivity index (χ3v) is 3.89. The zero-order valence-corrected chi connectivity index (χ0v) is 12.2. The maximum atomic E-state index is 12.5. The van der Waals surface area contributed by atoms with Gasteiger partial charge in [-0.25, -0.2) is 0 Å². The molecule has 0 bridgehead atoms. The topological polar surface area (TPSA) is 29.5 Å². The van der Waals surface area contributed by atoms with Crippen molar-refractivity contribution in [2.24, 2.45) is 5.92 Å². The molecule has 19 heavy (non-hydrogen) atoms. The smallest absolute Gasteiger partial charge is 0.257 e. The molecule has 0 aromatic heterocycles. The number of benzene rings is 1. The molecule has 0 N–H and O–H groups in total. The lowest BCUT2D eigenvalue weighted by Gasteiger charge is -2.18. The van der Waals surface area contributed by atoms with Gasteiger partial charge >= 0.3 is 0 Å². The number of methoxy groups -OCH3 is 1. The van der Waals surface area contributed by atoms with Crippen molar-refractivity contribution in [3.63, 3.8) is 0 Å². The average Bonchev–Trinajstić information content (AvgIpc) is 2.87. The van der Waals surface area contributed by atoms with E-state index in [1.807, 2.05) is 30.0 Å². The lowest BCUT2D eigenvalue weighted by Crippen LogP contribution is -2.29. The highest BCUT2D eigenvalue weighted by molar-refractivity contribution is 6.17. The standard InChI is InChI=1S/C15H20ClNO2/c1-11-3-4-14(19-2)13(9-11)15(18)17-8-6-12(10-17)5-7-16/h3-4,9,12H,5-8,10H2,1-2H3. The van der Waals surface area contributed by atoms with Crippen molar-refractivity contribution >= 4 is 17.5 Å². The lowest BCUT2D eigenvalue weighted by molar-refractivity contribution is 0.0783. The minimum atomic E-state index is 0.0672. The van der Waals surface area contributed by atoms with E-state index in [2.05, 4.69) is 0 Å². The number of carbonyl (C=O) groups excluding carboxylic acids is 1. The van der Waals surface area contributed by atoms with Crippen molar-refractivity contribution in [2.45, 2.75) is 19.8 Å². The second-order valence-corrected chi connectivity index (χ2v) is 5.47. The van der Waals surface area contributed by atoms with Crippen LogP contribution in [0, 0.1) is 12.8 Å². The Hall–Kier alpha value is -1.22. The van der Waals surface area contributed by atoms with Gasteiger partial charge in [-0.3, -0.25) is 4.79 Å². The molecule has 104 valence electrons. The summed E-state index contributed by atoms with van der Waals surface area (Å²) in [4.78, 5) is 14.5. The molecule has 3 nitrogen and oxygen atoms in total. The third-order valence-electron chi connectivity index (χ3n) is 3.68. The summed E-state index contributed by atoms with van der Waals surface area (Å²) >= 11 is 5.77. The zero-order chi connectivity index (χ0) is 13.8. The molecule has 0 spiro atoms. The summed E-state index contributed by atoms with van der Waals surface area (Å²) in [6, 6.07) is 5.71. The van der Waals surface area contributed by atoms with E-state index < -0.39 is 0 Å². The molecule has 1 aromatic carbocycles. The molecule has 4 heteroatoms. The molecule has 1 fully saturated rings. The number of amides is 1. The number of alkyl halides is 1. The highest BCUT2D eigenvalue weighted by Crippen LogP contribution is 2.26. The van der Waals surface area contributed by atoms with Crippen LogP contribution in [0.5, 0.6) is 5.75 Å². The molecule has 1 amide bonds. The first-order valence-corrected chi connectivity index (χ1v) is 7.19. The molecule has 1 aliphatic heterocycles. The summed E-state index contributed by atoms with van der Waals surface area (Å²) < 4.78 is 5.29. The number of aryl methyl sites for hydroxylation is 1. The van der Waals surface area contributed by atoms with Crippen LogP contribution in [0.4, 0.5) is 0 Å². The van der Waals surface area contributed by atoms with E-state index in [0.29, 0.717) is 23.1 Å². The van der Waals surface area contributed by atoms with E-state index in [4.69, 9.17) is 16.3 Å². The summed E-state index contributed by atoms with van der Waals surface area (Å²) in [5.41, 5.74) is 1.73. The number of hydrogen-bond donors (Lipinski definition) is 0. The minimum Gasteiger partial charge on any atom is -0.496 e. The highest BCUT2D eigenvalue weighted by atomic mass is 35.5. The van der Waals surface area contributed by atoms with Crippen LogP contribution in [0.3, 0.4) is 0 Å². The van der Waals surface area contributed by atoms with Gasteiger partial charge in [0.05, 0.1) is 12.7 Å². The van der Waals surface area contributed by atoms with Crippen LogP contribution in [0.1, 0.15) is 28.8 Å². The molecular weight excluding hydrogens is 262 g/mol. The summed E-state index contributed by atoms with van der Waals surface area (Å²) in [5, 5.41) is 0. The predicted octanol–water partition coefficient (Wildman–Crippen LogP) is 3.09. The summed E-state index contributed by atoms with van der Waals surface area (Å²) in [6.07, 6.45) is 2.03. The second kappa shape index (κ2) is 6.29. The van der Waals surface area contributed by atoms with Gasteiger partial charge in [0.1, 0.15) is 5.75 Å². The molecule has 1 heterocycles. The molecule has 1 atom stereocenters. The van der Waals surface area contributed by atoms with Crippen LogP contribution in [-0.2, 0) is 0 Å². The number of hydrogen-bond acceptors (Lipinski definition) is 2. The largest absolute Gasteiger partial charge is 0.496 e. The molecule has 2 rings (SSSR count). The average molecular weight is 282 g/mol. The summed E-state index contributed by atoms with van der Waals surface area (Å²) in [7, 11) is 1.60. The Morgan fingerprint density at radius 3 is 3.00 bits per heavy atom. The fraction of sp³-hybridized carbons (Fsp3) is 0.533. The number of likely N-dealkylation sites (tertiary alicyclic amines) is 1. The Bertz CT molecular complexity index is 461. The van der Waals surface area contributed by atoms with Gasteiger partial charge in [0, 0.05) is 19.0 Å². The van der Waals surface area contributed by atoms with Gasteiger partial charge in [-0.05, 0) is 37.8 Å². The van der Waals surface area contributed by atoms with Crippen LogP contribution in [-0.4, -0.2) is 36.9 Å². The van der Waals surface area contributed by atoms with Gasteiger partial charge in [-0.2, -0.15) is 0 Å². The monoisotopic (exact) mass is 281 g/mol. The van der Waals surface area contributed by atoms with Gasteiger partial charge in [-0.1, -0.05) is 11.6 Å². The van der Waals surface area contributed by atoms with Crippen LogP contribution in [0.25, 0.3) is 0 Å². The van der Waals surface area contributed by atoms with Crippen LogP contribution in [0.2, 0.25) is 0 Å². The summed E-state index contributed by atoms with van der Waals surface area (Å²) in [6.45, 7) is 3.61. The molecule has 0 aliphatic carbocycles. The Morgan fingerprint density at radius 2 is 2.32 bits per heavy atom. The van der Waals surface area contributed by atoms with Crippen LogP contribution in [0.15, 0.2) is 18.2 Å². The lowest BCUT2D eigenvalue weighted by atomic mass is 10.1. The van der Waals surface area contributed by atoms with Crippen molar-refractivity contribution < 1.29 is 9.53 Å². The maximum absolute atomic E-state index is 12.5. The fourth-order valence-electron chi connectivity index (χ4n) is 2.57. The first-order valence-electron chi connectivity index (χ1n) is 6.65. The molecular formula is C15H20ClNO2. The van der Waals surface area contributed by atoms with Crippen LogP contribution >= 0.6 is 11.6 Å². The Balaban J connectivity index is 2.14. The van der Waals surface area contributed by atoms with E-state index in [9.17, 15) is 4.79 Å². The first kappa shape index (κ1) is 14.2. The third kappa shape index (κ3) is 3.21. The number of halogens is 1. The van der Waals surface area contributed by atoms with Crippen molar-refractivity contribution in [3.8, 4) is 5.75 Å². The number of rotatable bonds is 4. The van der Waals surface area contributed by atoms with E-state index >= 15 is 0 Å². The number of ether oxygens (including phenoxy) is 1. The summed E-state index contributed by atoms with van der Waals surface area (Å²) in [5.74, 6) is 1.92. The SMILES string of the molecule is COc1ccc(C)cc1C(=O)N1CCC(CCCl)C1. The Morgan fingerprint density at radius 1 is 1.53 bits per heavy atom. The Kier molecular flexibility index (Phi) is 4.70. The molecule has 1 aromatic rings. The van der Waals surface area contributed by atoms with E-state index in [-0.39, 0.29) is 5.91 Å². The molecule has 1 aliphatic rings. The second-order valence-electron chi connectivity index (χ2n) is 5.09. The fourth-order valence-corrected chi connectivity index (χ4v) is 2.87. The molecule has 0 radical (unpaired) electrons. The minimum absolute atomic E-state index is 0.0672. The normalized spacial score (nSPS) is 18.7. The molecule has 0 saturated carbocycles. The van der Waals surface area contributed by atoms with Crippen LogP contribution < -0.4 is 4.74 Å². The van der Waals surface area contributed by atoms with Gasteiger partial charge < -0.3 is 9.64 Å². The quantitative estimate of drug-likeness (QED) is 0.794. The van der Waals surface area contributed by atoms with Gasteiger partial charge in [-0.15, -0.1) is 11.6 Å². The van der Waals surface area contributed by atoms with Crippen molar-refractivity contribution in [1.29, 1.82) is 0 Å². The van der Waals surface area contributed by atoms with E-state index in [0.717, 1.165) is 31.5 Å². The maximum Gasteiger partial charge on any atom is 0.257 e. The predicted molar refractivity (Wildman–Crippen MR) is 77.1 cm³/mol. The van der Waals surface area contributed by atoms with Crippen molar-refractivity contribution in [1.82, 2.24) is 4.90 Å². The van der Waals surface area contributed by atoms with Gasteiger partial charge in [0.15, 0.2) is 0 Å². The Labute approximate surface area is 119 Å². The zero-order valence-electron chi connectivity index (χ0n) is 11.5.